The predicted molar refractivity (Wildman–Crippen MR) is 73.4 cm³/mol. The maximum absolute atomic E-state index is 5.84. The lowest BCUT2D eigenvalue weighted by molar-refractivity contribution is 0.157. The van der Waals surface area contributed by atoms with Crippen molar-refractivity contribution in [3.63, 3.8) is 0 Å². The van der Waals surface area contributed by atoms with E-state index in [-0.39, 0.29) is 0 Å². The lowest BCUT2D eigenvalue weighted by Gasteiger charge is -2.36. The van der Waals surface area contributed by atoms with Crippen molar-refractivity contribution in [2.24, 2.45) is 0 Å². The number of methoxy groups -OCH3 is 1. The Balaban J connectivity index is 3.05. The van der Waals surface area contributed by atoms with Crippen LogP contribution in [0.5, 0.6) is 0 Å². The smallest absolute Gasteiger partial charge is 0.0925 e. The van der Waals surface area contributed by atoms with Crippen LogP contribution in [0.15, 0.2) is 30.3 Å². The van der Waals surface area contributed by atoms with Crippen LogP contribution in [0.4, 0.5) is 0 Å². The van der Waals surface area contributed by atoms with Crippen LogP contribution in [0.2, 0.25) is 18.1 Å². The molecule has 1 aromatic rings. The van der Waals surface area contributed by atoms with Crippen LogP contribution in [0.25, 0.3) is 0 Å². The van der Waals surface area contributed by atoms with Crippen LogP contribution in [-0.2, 0) is 4.74 Å². The summed E-state index contributed by atoms with van der Waals surface area (Å²) in [5.74, 6) is 0. The topological polar surface area (TPSA) is 9.23 Å². The Morgan fingerprint density at radius 3 is 1.88 bits per heavy atom. The minimum atomic E-state index is -1.31. The van der Waals surface area contributed by atoms with Gasteiger partial charge >= 0.3 is 0 Å². The van der Waals surface area contributed by atoms with Gasteiger partial charge in [0.05, 0.1) is 13.8 Å². The summed E-state index contributed by atoms with van der Waals surface area (Å²) in [5.41, 5.74) is 1.72. The van der Waals surface area contributed by atoms with E-state index in [0.717, 1.165) is 0 Å². The number of ether oxygens (including phenoxy) is 1. The third-order valence-electron chi connectivity index (χ3n) is 4.01. The average Bonchev–Trinajstić information content (AvgIpc) is 2.37. The third-order valence-corrected chi connectivity index (χ3v) is 9.91. The molecule has 0 bridgehead atoms. The highest BCUT2D eigenvalue weighted by Crippen LogP contribution is 2.36. The SMILES string of the molecule is CC[Si](CC)(CC)C(OC)c1ccccc1. The zero-order chi connectivity index (χ0) is 12.0. The van der Waals surface area contributed by atoms with Gasteiger partial charge < -0.3 is 4.74 Å². The van der Waals surface area contributed by atoms with Crippen molar-refractivity contribution in [3.05, 3.63) is 35.9 Å². The molecular formula is C14H24OSi. The van der Waals surface area contributed by atoms with Crippen LogP contribution >= 0.6 is 0 Å². The summed E-state index contributed by atoms with van der Waals surface area (Å²) in [7, 11) is 0.552. The molecule has 0 aliphatic heterocycles. The molecule has 0 aliphatic rings. The molecule has 1 aromatic carbocycles. The zero-order valence-electron chi connectivity index (χ0n) is 11.0. The van der Waals surface area contributed by atoms with Crippen LogP contribution in [0.1, 0.15) is 32.1 Å². The van der Waals surface area contributed by atoms with Crippen molar-refractivity contribution in [2.45, 2.75) is 44.6 Å². The highest BCUT2D eigenvalue weighted by molar-refractivity contribution is 6.80. The molecule has 0 aliphatic carbocycles. The van der Waals surface area contributed by atoms with Crippen molar-refractivity contribution in [1.82, 2.24) is 0 Å². The van der Waals surface area contributed by atoms with E-state index in [9.17, 15) is 0 Å². The minimum Gasteiger partial charge on any atom is -0.380 e. The molecule has 0 aromatic heterocycles. The van der Waals surface area contributed by atoms with Crippen molar-refractivity contribution in [3.8, 4) is 0 Å². The third kappa shape index (κ3) is 2.55. The van der Waals surface area contributed by atoms with Gasteiger partial charge in [-0.1, -0.05) is 69.2 Å². The van der Waals surface area contributed by atoms with E-state index in [2.05, 4.69) is 51.1 Å². The van der Waals surface area contributed by atoms with Gasteiger partial charge in [-0.25, -0.2) is 0 Å². The average molecular weight is 236 g/mol. The Labute approximate surface area is 101 Å². The van der Waals surface area contributed by atoms with Crippen LogP contribution in [-0.4, -0.2) is 15.2 Å². The fourth-order valence-corrected chi connectivity index (χ4v) is 6.69. The molecular weight excluding hydrogens is 212 g/mol. The summed E-state index contributed by atoms with van der Waals surface area (Å²) in [4.78, 5) is 0. The minimum absolute atomic E-state index is 0.355. The van der Waals surface area contributed by atoms with E-state index in [1.54, 1.807) is 0 Å². The summed E-state index contributed by atoms with van der Waals surface area (Å²) < 4.78 is 5.84. The second kappa shape index (κ2) is 6.21. The molecule has 0 fully saturated rings. The van der Waals surface area contributed by atoms with Crippen molar-refractivity contribution in [2.75, 3.05) is 7.11 Å². The monoisotopic (exact) mass is 236 g/mol. The van der Waals surface area contributed by atoms with Gasteiger partial charge in [-0.3, -0.25) is 0 Å². The molecule has 1 unspecified atom stereocenters. The van der Waals surface area contributed by atoms with Crippen LogP contribution in [0.3, 0.4) is 0 Å². The lowest BCUT2D eigenvalue weighted by Crippen LogP contribution is -2.40. The standard InChI is InChI=1S/C14H24OSi/c1-5-16(6-2,7-3)14(15-4)13-11-9-8-10-12-13/h8-12,14H,5-7H2,1-4H3. The van der Waals surface area contributed by atoms with Crippen LogP contribution in [0, 0.1) is 0 Å². The molecule has 0 spiro atoms. The fraction of sp³-hybridized carbons (Fsp3) is 0.571. The maximum Gasteiger partial charge on any atom is 0.0925 e. The molecule has 16 heavy (non-hydrogen) atoms. The molecule has 1 atom stereocenters. The fourth-order valence-electron chi connectivity index (χ4n) is 2.67. The molecule has 1 rings (SSSR count). The second-order valence-electron chi connectivity index (χ2n) is 4.45. The normalized spacial score (nSPS) is 13.8. The molecule has 0 radical (unpaired) electrons. The Bertz CT molecular complexity index is 285. The molecule has 0 heterocycles. The molecule has 0 saturated heterocycles. The van der Waals surface area contributed by atoms with Gasteiger partial charge in [0, 0.05) is 7.11 Å². The van der Waals surface area contributed by atoms with E-state index in [1.165, 1.54) is 23.7 Å². The number of rotatable bonds is 6. The predicted octanol–water partition coefficient (Wildman–Crippen LogP) is 4.42. The molecule has 1 nitrogen and oxygen atoms in total. The summed E-state index contributed by atoms with van der Waals surface area (Å²) in [6.45, 7) is 6.98. The first kappa shape index (κ1) is 13.5. The maximum atomic E-state index is 5.84. The molecule has 0 N–H and O–H groups in total. The second-order valence-corrected chi connectivity index (χ2v) is 9.82. The van der Waals surface area contributed by atoms with Gasteiger partial charge in [0.15, 0.2) is 0 Å². The quantitative estimate of drug-likeness (QED) is 0.664. The molecule has 90 valence electrons. The molecule has 0 amide bonds. The van der Waals surface area contributed by atoms with Gasteiger partial charge in [0.1, 0.15) is 0 Å². The Morgan fingerprint density at radius 2 is 1.50 bits per heavy atom. The number of hydrogen-bond donors (Lipinski definition) is 0. The van der Waals surface area contributed by atoms with Gasteiger partial charge in [0.25, 0.3) is 0 Å². The van der Waals surface area contributed by atoms with E-state index in [0.29, 0.717) is 5.73 Å². The van der Waals surface area contributed by atoms with Gasteiger partial charge in [-0.15, -0.1) is 0 Å². The van der Waals surface area contributed by atoms with E-state index < -0.39 is 8.07 Å². The highest BCUT2D eigenvalue weighted by Gasteiger charge is 2.37. The largest absolute Gasteiger partial charge is 0.380 e. The Hall–Kier alpha value is -0.603. The van der Waals surface area contributed by atoms with E-state index in [4.69, 9.17) is 4.74 Å². The first-order chi connectivity index (χ1) is 7.74. The summed E-state index contributed by atoms with van der Waals surface area (Å²) >= 11 is 0. The van der Waals surface area contributed by atoms with Gasteiger partial charge in [-0.05, 0) is 5.56 Å². The molecule has 2 heteroatoms. The summed E-state index contributed by atoms with van der Waals surface area (Å²) in [6.07, 6.45) is 0. The molecule has 0 saturated carbocycles. The van der Waals surface area contributed by atoms with Crippen molar-refractivity contribution >= 4 is 8.07 Å². The van der Waals surface area contributed by atoms with Crippen molar-refractivity contribution in [1.29, 1.82) is 0 Å². The van der Waals surface area contributed by atoms with Crippen molar-refractivity contribution < 1.29 is 4.74 Å². The lowest BCUT2D eigenvalue weighted by atomic mass is 10.2. The zero-order valence-corrected chi connectivity index (χ0v) is 12.0. The number of hydrogen-bond acceptors (Lipinski definition) is 1. The van der Waals surface area contributed by atoms with E-state index >= 15 is 0 Å². The van der Waals surface area contributed by atoms with E-state index in [1.807, 2.05) is 7.11 Å². The van der Waals surface area contributed by atoms with Gasteiger partial charge in [0.2, 0.25) is 0 Å². The Kier molecular flexibility index (Phi) is 5.23. The first-order valence-corrected chi connectivity index (χ1v) is 9.01. The first-order valence-electron chi connectivity index (χ1n) is 6.31. The summed E-state index contributed by atoms with van der Waals surface area (Å²) in [6, 6.07) is 14.6. The van der Waals surface area contributed by atoms with Crippen LogP contribution < -0.4 is 0 Å². The Morgan fingerprint density at radius 1 is 1.00 bits per heavy atom. The van der Waals surface area contributed by atoms with Gasteiger partial charge in [-0.2, -0.15) is 0 Å². The summed E-state index contributed by atoms with van der Waals surface area (Å²) in [5, 5.41) is 0. The highest BCUT2D eigenvalue weighted by atomic mass is 28.3. The number of benzene rings is 1.